The number of aliphatic carboxylic acids is 3. The van der Waals surface area contributed by atoms with Crippen molar-refractivity contribution in [3.63, 3.8) is 0 Å². The Kier molecular flexibility index (Phi) is 42.8. The standard InChI is InChI=1S/C76H118N22O22/c1-39(2)32-45(80)63(107)95-55(36-59(82)102)74(118)98-31-13-20-57(98)72(116)91-49(18-8-11-29-79)68(112)97-62(40(3)99)73(117)94-53(35-58(81)101)70(114)88-48(17-7-10-28-78)65(109)92-52(34-42-38-86-46-15-5-4-14-44(42)46)69(113)90-51(25-26-60(103)104)67(111)93-54(37-61(105)106)71(115)89-47(16-6-9-27-77)64(108)87-50(19-12-30-85-76(83)84)66(110)96-56(75(119)120)33-41-21-23-43(100)24-22-41/h4-5,14-15,21-24,38-40,45,47-57,62,86,99-100H,6-13,16-20,25-37,77-80H2,1-3H3,(H2,81,101)(H2,82,102)(H,87,108)(H,88,114)(H,89,115)(H,90,113)(H,91,116)(H,92,109)(H,93,111)(H,94,117)(H,95,107)(H,96,110)(H,97,112)(H,103,104)(H,105,106)(H,119,120)(H4,83,84,85)/t40-,45+,47+,48+,49+,50+,51+,52+,53+,54+,55+,56+,57+,62+/m1/s1. The molecule has 0 saturated carbocycles. The number of fused-ring (bicyclic) bond motifs is 1. The van der Waals surface area contributed by atoms with Crippen molar-refractivity contribution in [3.05, 3.63) is 65.9 Å². The molecule has 1 aliphatic heterocycles. The van der Waals surface area contributed by atoms with Crippen molar-refractivity contribution in [1.82, 2.24) is 73.7 Å². The number of carbonyl (C=O) groups is 17. The van der Waals surface area contributed by atoms with E-state index in [1.165, 1.54) is 30.5 Å². The molecule has 44 nitrogen and oxygen atoms in total. The van der Waals surface area contributed by atoms with Crippen LogP contribution in [-0.2, 0) is 94.3 Å². The number of benzene rings is 2. The third kappa shape index (κ3) is 34.8. The third-order valence-electron chi connectivity index (χ3n) is 19.4. The lowest BCUT2D eigenvalue weighted by Crippen LogP contribution is -2.62. The van der Waals surface area contributed by atoms with Crippen LogP contribution < -0.4 is 104 Å². The summed E-state index contributed by atoms with van der Waals surface area (Å²) in [5, 5.41) is 88.3. The van der Waals surface area contributed by atoms with Crippen molar-refractivity contribution in [2.45, 2.75) is 240 Å². The SMILES string of the molecule is CC(C)C[C@H](N)C(=O)N[C@@H](CC(N)=O)C(=O)N1CCC[C@H]1C(=O)N[C@@H](CCCCN)C(=O)N[C@H](C(=O)N[C@@H](CC(N)=O)C(=O)N[C@@H](CCCCN)C(=O)N[C@@H](Cc1c[nH]c2ccccc12)C(=O)N[C@@H](CCC(=O)O)C(=O)N[C@@H](CC(=O)O)C(=O)N[C@@H](CCCCN)C(=O)N[C@@H](CCCNC(=N)N)C(=O)N[C@@H](Cc1ccc(O)cc1)C(=O)O)[C@@H](C)O. The summed E-state index contributed by atoms with van der Waals surface area (Å²) in [4.78, 5) is 238. The number of primary amides is 2. The van der Waals surface area contributed by atoms with Gasteiger partial charge >= 0.3 is 17.9 Å². The Morgan fingerprint density at radius 3 is 1.43 bits per heavy atom. The summed E-state index contributed by atoms with van der Waals surface area (Å²) in [6, 6.07) is -9.64. The molecule has 0 spiro atoms. The lowest BCUT2D eigenvalue weighted by atomic mass is 10.0. The lowest BCUT2D eigenvalue weighted by Gasteiger charge is -2.30. The first kappa shape index (κ1) is 100. The maximum atomic E-state index is 15.0. The molecule has 14 amide bonds. The molecular weight excluding hydrogens is 1570 g/mol. The fourth-order valence-corrected chi connectivity index (χ4v) is 13.1. The molecule has 664 valence electrons. The van der Waals surface area contributed by atoms with E-state index in [1.54, 1.807) is 24.3 Å². The van der Waals surface area contributed by atoms with Crippen LogP contribution in [0.4, 0.5) is 0 Å². The van der Waals surface area contributed by atoms with Gasteiger partial charge < -0.3 is 139 Å². The van der Waals surface area contributed by atoms with Crippen LogP contribution in [-0.4, -0.2) is 259 Å². The maximum absolute atomic E-state index is 15.0. The number of aromatic hydroxyl groups is 1. The third-order valence-corrected chi connectivity index (χ3v) is 19.4. The number of carboxylic acid groups (broad SMARTS) is 3. The smallest absolute Gasteiger partial charge is 0.326 e. The number of rotatable bonds is 56. The number of nitrogens with zero attached hydrogens (tertiary/aromatic N) is 1. The van der Waals surface area contributed by atoms with E-state index in [0.29, 0.717) is 28.5 Å². The Morgan fingerprint density at radius 2 is 0.942 bits per heavy atom. The van der Waals surface area contributed by atoms with Crippen molar-refractivity contribution in [3.8, 4) is 5.75 Å². The van der Waals surface area contributed by atoms with Gasteiger partial charge in [0.25, 0.3) is 0 Å². The molecule has 4 rings (SSSR count). The van der Waals surface area contributed by atoms with Crippen molar-refractivity contribution in [1.29, 1.82) is 5.41 Å². The van der Waals surface area contributed by atoms with E-state index in [-0.39, 0.29) is 134 Å². The molecule has 120 heavy (non-hydrogen) atoms. The Morgan fingerprint density at radius 1 is 0.500 bits per heavy atom. The monoisotopic (exact) mass is 1690 g/mol. The summed E-state index contributed by atoms with van der Waals surface area (Å²) in [5.41, 5.74) is 41.2. The van der Waals surface area contributed by atoms with Crippen molar-refractivity contribution in [2.24, 2.45) is 46.1 Å². The van der Waals surface area contributed by atoms with Gasteiger partial charge in [0, 0.05) is 49.5 Å². The van der Waals surface area contributed by atoms with Gasteiger partial charge in [-0.3, -0.25) is 82.1 Å². The van der Waals surface area contributed by atoms with E-state index in [1.807, 2.05) is 13.8 Å². The van der Waals surface area contributed by atoms with E-state index in [9.17, 15) is 102 Å². The second-order valence-corrected chi connectivity index (χ2v) is 29.7. The van der Waals surface area contributed by atoms with E-state index in [0.717, 1.165) is 11.8 Å². The molecule has 1 saturated heterocycles. The van der Waals surface area contributed by atoms with E-state index in [4.69, 9.17) is 45.5 Å². The number of amides is 14. The van der Waals surface area contributed by atoms with E-state index >= 15 is 4.79 Å². The van der Waals surface area contributed by atoms with Crippen LogP contribution in [0.15, 0.2) is 54.7 Å². The number of guanidine groups is 1. The van der Waals surface area contributed by atoms with Crippen LogP contribution in [0.3, 0.4) is 0 Å². The lowest BCUT2D eigenvalue weighted by molar-refractivity contribution is -0.143. The van der Waals surface area contributed by atoms with Gasteiger partial charge in [0.15, 0.2) is 5.96 Å². The number of nitrogens with one attached hydrogen (secondary N) is 14. The van der Waals surface area contributed by atoms with E-state index < -0.39 is 230 Å². The minimum absolute atomic E-state index is 0.00945. The number of nitrogens with two attached hydrogens (primary N) is 7. The molecule has 3 aromatic rings. The Balaban J connectivity index is 1.66. The summed E-state index contributed by atoms with van der Waals surface area (Å²) in [6.45, 7) is 4.96. The molecule has 1 fully saturated rings. The first-order valence-corrected chi connectivity index (χ1v) is 39.6. The van der Waals surface area contributed by atoms with Gasteiger partial charge in [-0.2, -0.15) is 0 Å². The number of aromatic nitrogens is 1. The molecule has 0 bridgehead atoms. The zero-order valence-corrected chi connectivity index (χ0v) is 67.4. The molecule has 44 heteroatoms. The number of hydrogen-bond donors (Lipinski definition) is 26. The largest absolute Gasteiger partial charge is 0.508 e. The molecule has 1 aliphatic rings. The van der Waals surface area contributed by atoms with Crippen LogP contribution in [0.5, 0.6) is 5.75 Å². The highest BCUT2D eigenvalue weighted by atomic mass is 16.4. The Labute approximate surface area is 691 Å². The number of likely N-dealkylation sites (tertiary alicyclic amines) is 1. The molecule has 0 aliphatic carbocycles. The van der Waals surface area contributed by atoms with Gasteiger partial charge in [-0.15, -0.1) is 0 Å². The first-order valence-electron chi connectivity index (χ1n) is 39.6. The van der Waals surface area contributed by atoms with Gasteiger partial charge in [0.2, 0.25) is 82.7 Å². The van der Waals surface area contributed by atoms with Gasteiger partial charge in [-0.25, -0.2) is 4.79 Å². The van der Waals surface area contributed by atoms with Crippen LogP contribution in [0.2, 0.25) is 0 Å². The molecule has 14 atom stereocenters. The average Bonchev–Trinajstić information content (AvgIpc) is 1.67. The van der Waals surface area contributed by atoms with Gasteiger partial charge in [0.05, 0.1) is 31.4 Å². The maximum Gasteiger partial charge on any atom is 0.326 e. The normalized spacial score (nSPS) is 15.7. The zero-order chi connectivity index (χ0) is 89.5. The number of aliphatic hydroxyl groups is 1. The highest BCUT2D eigenvalue weighted by Gasteiger charge is 2.42. The quantitative estimate of drug-likeness (QED) is 0.0142. The predicted octanol–water partition coefficient (Wildman–Crippen LogP) is -6.44. The van der Waals surface area contributed by atoms with Gasteiger partial charge in [0.1, 0.15) is 78.3 Å². The summed E-state index contributed by atoms with van der Waals surface area (Å²) in [7, 11) is 0. The van der Waals surface area contributed by atoms with Crippen LogP contribution in [0.25, 0.3) is 10.9 Å². The van der Waals surface area contributed by atoms with Crippen LogP contribution in [0.1, 0.15) is 154 Å². The Bertz CT molecular complexity index is 4030. The van der Waals surface area contributed by atoms with Crippen molar-refractivity contribution in [2.75, 3.05) is 32.7 Å². The molecule has 2 aromatic carbocycles. The minimum atomic E-state index is -2.13. The number of aliphatic hydroxyl groups excluding tert-OH is 1. The number of carbonyl (C=O) groups excluding carboxylic acids is 14. The fourth-order valence-electron chi connectivity index (χ4n) is 13.1. The van der Waals surface area contributed by atoms with Gasteiger partial charge in [-0.05, 0) is 158 Å². The number of hydrogen-bond acceptors (Lipinski definition) is 24. The molecule has 0 radical (unpaired) electrons. The van der Waals surface area contributed by atoms with Crippen LogP contribution >= 0.6 is 0 Å². The molecular formula is C76H118N22O22. The number of phenolic OH excluding ortho intramolecular Hbond substituents is 1. The van der Waals surface area contributed by atoms with Crippen molar-refractivity contribution < 1.29 is 107 Å². The molecule has 0 unspecified atom stereocenters. The van der Waals surface area contributed by atoms with E-state index in [2.05, 4.69) is 68.8 Å². The van der Waals surface area contributed by atoms with Crippen LogP contribution in [0, 0.1) is 11.3 Å². The molecule has 2 heterocycles. The molecule has 33 N–H and O–H groups in total. The summed E-state index contributed by atoms with van der Waals surface area (Å²) < 4.78 is 0. The molecule has 1 aromatic heterocycles. The second kappa shape index (κ2) is 51.2. The number of carboxylic acids is 3. The number of para-hydroxylation sites is 1. The summed E-state index contributed by atoms with van der Waals surface area (Å²) in [5.74, 6) is -20.6. The minimum Gasteiger partial charge on any atom is -0.508 e. The number of H-pyrrole nitrogens is 1. The first-order chi connectivity index (χ1) is 56.8. The average molecular weight is 1690 g/mol. The highest BCUT2D eigenvalue weighted by molar-refractivity contribution is 6.02. The second-order valence-electron chi connectivity index (χ2n) is 29.7. The highest BCUT2D eigenvalue weighted by Crippen LogP contribution is 2.23. The number of phenols is 1. The predicted molar refractivity (Wildman–Crippen MR) is 431 cm³/mol. The number of unbranched alkanes of at least 4 members (excludes halogenated alkanes) is 3. The Hall–Kier alpha value is -12.2. The topological polar surface area (TPSA) is 761 Å². The summed E-state index contributed by atoms with van der Waals surface area (Å²) in [6.07, 6.45) is -4.61. The zero-order valence-electron chi connectivity index (χ0n) is 67.4. The summed E-state index contributed by atoms with van der Waals surface area (Å²) >= 11 is 0. The number of aromatic amines is 1. The van der Waals surface area contributed by atoms with Gasteiger partial charge in [-0.1, -0.05) is 44.2 Å². The van der Waals surface area contributed by atoms with Crippen molar-refractivity contribution >= 4 is 117 Å². The fraction of sp³-hybridized carbons (Fsp3) is 0.579.